The molecule has 1 aromatic heterocycles. The molecule has 2 N–H and O–H groups in total. The first-order chi connectivity index (χ1) is 7.78. The molecular weight excluding hydrogens is 216 g/mol. The zero-order valence-electron chi connectivity index (χ0n) is 9.18. The minimum Gasteiger partial charge on any atom is -0.326 e. The van der Waals surface area contributed by atoms with Gasteiger partial charge >= 0.3 is 0 Å². The van der Waals surface area contributed by atoms with Crippen LogP contribution < -0.4 is 5.73 Å². The predicted octanol–water partition coefficient (Wildman–Crippen LogP) is 3.00. The van der Waals surface area contributed by atoms with Crippen molar-refractivity contribution >= 4 is 11.8 Å². The third-order valence-corrected chi connectivity index (χ3v) is 3.19. The molecule has 0 atom stereocenters. The Morgan fingerprint density at radius 2 is 2.12 bits per heavy atom. The highest BCUT2D eigenvalue weighted by Crippen LogP contribution is 2.26. The summed E-state index contributed by atoms with van der Waals surface area (Å²) in [6.07, 6.45) is 1.83. The molecule has 0 aliphatic rings. The summed E-state index contributed by atoms with van der Waals surface area (Å²) in [5.74, 6) is 0. The van der Waals surface area contributed by atoms with Crippen molar-refractivity contribution in [3.63, 3.8) is 0 Å². The van der Waals surface area contributed by atoms with E-state index in [2.05, 4.69) is 36.2 Å². The molecule has 0 spiro atoms. The highest BCUT2D eigenvalue weighted by molar-refractivity contribution is 7.99. The molecule has 82 valence electrons. The fourth-order valence-electron chi connectivity index (χ4n) is 1.39. The van der Waals surface area contributed by atoms with E-state index in [9.17, 15) is 0 Å². The van der Waals surface area contributed by atoms with Gasteiger partial charge in [0.05, 0.1) is 0 Å². The molecule has 0 saturated heterocycles. The summed E-state index contributed by atoms with van der Waals surface area (Å²) in [7, 11) is 0. The molecule has 0 aliphatic carbocycles. The number of benzene rings is 1. The maximum Gasteiger partial charge on any atom is 0.101 e. The SMILES string of the molecule is Cc1cccc(Sc2ccc(CN)cn2)c1. The Kier molecular flexibility index (Phi) is 3.59. The number of pyridine rings is 1. The van der Waals surface area contributed by atoms with Crippen LogP contribution >= 0.6 is 11.8 Å². The molecule has 2 rings (SSSR count). The first kappa shape index (κ1) is 11.2. The lowest BCUT2D eigenvalue weighted by Gasteiger charge is -2.02. The lowest BCUT2D eigenvalue weighted by atomic mass is 10.2. The molecule has 0 bridgehead atoms. The summed E-state index contributed by atoms with van der Waals surface area (Å²) in [5, 5.41) is 1.00. The molecule has 1 aromatic carbocycles. The largest absolute Gasteiger partial charge is 0.326 e. The van der Waals surface area contributed by atoms with Crippen LogP contribution in [0, 0.1) is 6.92 Å². The Bertz CT molecular complexity index is 466. The number of aromatic nitrogens is 1. The van der Waals surface area contributed by atoms with Gasteiger partial charge in [0.15, 0.2) is 0 Å². The molecule has 0 fully saturated rings. The smallest absolute Gasteiger partial charge is 0.101 e. The third kappa shape index (κ3) is 2.84. The van der Waals surface area contributed by atoms with Gasteiger partial charge < -0.3 is 5.73 Å². The van der Waals surface area contributed by atoms with Crippen molar-refractivity contribution in [1.29, 1.82) is 0 Å². The molecule has 0 amide bonds. The number of nitrogens with two attached hydrogens (primary N) is 1. The van der Waals surface area contributed by atoms with E-state index >= 15 is 0 Å². The van der Waals surface area contributed by atoms with Gasteiger partial charge in [0.25, 0.3) is 0 Å². The second-order valence-corrected chi connectivity index (χ2v) is 4.72. The summed E-state index contributed by atoms with van der Waals surface area (Å²) in [6.45, 7) is 2.64. The van der Waals surface area contributed by atoms with Crippen LogP contribution in [0.15, 0.2) is 52.5 Å². The molecule has 0 radical (unpaired) electrons. The Morgan fingerprint density at radius 3 is 2.75 bits per heavy atom. The Morgan fingerprint density at radius 1 is 1.25 bits per heavy atom. The monoisotopic (exact) mass is 230 g/mol. The average molecular weight is 230 g/mol. The normalized spacial score (nSPS) is 10.4. The Balaban J connectivity index is 2.14. The lowest BCUT2D eigenvalue weighted by molar-refractivity contribution is 1.01. The standard InChI is InChI=1S/C13H14N2S/c1-10-3-2-4-12(7-10)16-13-6-5-11(8-14)9-15-13/h2-7,9H,8,14H2,1H3. The third-order valence-electron chi connectivity index (χ3n) is 2.25. The van der Waals surface area contributed by atoms with E-state index in [1.165, 1.54) is 10.5 Å². The molecule has 2 nitrogen and oxygen atoms in total. The fourth-order valence-corrected chi connectivity index (χ4v) is 2.27. The van der Waals surface area contributed by atoms with Crippen molar-refractivity contribution in [3.05, 3.63) is 53.7 Å². The highest BCUT2D eigenvalue weighted by atomic mass is 32.2. The van der Waals surface area contributed by atoms with Gasteiger partial charge in [0.2, 0.25) is 0 Å². The van der Waals surface area contributed by atoms with Gasteiger partial charge in [-0.25, -0.2) is 4.98 Å². The lowest BCUT2D eigenvalue weighted by Crippen LogP contribution is -1.96. The summed E-state index contributed by atoms with van der Waals surface area (Å²) >= 11 is 1.67. The number of rotatable bonds is 3. The number of aryl methyl sites for hydroxylation is 1. The second-order valence-electron chi connectivity index (χ2n) is 3.63. The van der Waals surface area contributed by atoms with E-state index in [1.807, 2.05) is 18.3 Å². The summed E-state index contributed by atoms with van der Waals surface area (Å²) in [5.41, 5.74) is 7.86. The van der Waals surface area contributed by atoms with Crippen LogP contribution in [0.25, 0.3) is 0 Å². The van der Waals surface area contributed by atoms with Gasteiger partial charge in [-0.3, -0.25) is 0 Å². The van der Waals surface area contributed by atoms with E-state index in [1.54, 1.807) is 11.8 Å². The van der Waals surface area contributed by atoms with Crippen LogP contribution in [-0.2, 0) is 6.54 Å². The van der Waals surface area contributed by atoms with Crippen molar-refractivity contribution in [1.82, 2.24) is 4.98 Å². The van der Waals surface area contributed by atoms with E-state index in [-0.39, 0.29) is 0 Å². The van der Waals surface area contributed by atoms with Gasteiger partial charge in [-0.15, -0.1) is 0 Å². The van der Waals surface area contributed by atoms with E-state index in [0.29, 0.717) is 6.54 Å². The predicted molar refractivity (Wildman–Crippen MR) is 67.4 cm³/mol. The van der Waals surface area contributed by atoms with Gasteiger partial charge in [-0.1, -0.05) is 35.5 Å². The Hall–Kier alpha value is -1.32. The minimum absolute atomic E-state index is 0.544. The van der Waals surface area contributed by atoms with E-state index < -0.39 is 0 Å². The van der Waals surface area contributed by atoms with Crippen molar-refractivity contribution in [3.8, 4) is 0 Å². The van der Waals surface area contributed by atoms with Gasteiger partial charge in [0.1, 0.15) is 5.03 Å². The molecule has 0 aliphatic heterocycles. The van der Waals surface area contributed by atoms with Crippen LogP contribution in [-0.4, -0.2) is 4.98 Å². The van der Waals surface area contributed by atoms with Crippen LogP contribution in [0.2, 0.25) is 0 Å². The zero-order chi connectivity index (χ0) is 11.4. The van der Waals surface area contributed by atoms with Crippen molar-refractivity contribution < 1.29 is 0 Å². The molecular formula is C13H14N2S. The molecule has 3 heteroatoms. The molecule has 16 heavy (non-hydrogen) atoms. The molecule has 0 unspecified atom stereocenters. The Labute approximate surface area is 99.9 Å². The molecule has 2 aromatic rings. The first-order valence-electron chi connectivity index (χ1n) is 5.17. The maximum atomic E-state index is 5.53. The average Bonchev–Trinajstić information content (AvgIpc) is 2.30. The highest BCUT2D eigenvalue weighted by Gasteiger charge is 1.99. The van der Waals surface area contributed by atoms with Gasteiger partial charge in [-0.2, -0.15) is 0 Å². The van der Waals surface area contributed by atoms with E-state index in [4.69, 9.17) is 5.73 Å². The van der Waals surface area contributed by atoms with Gasteiger partial charge in [0, 0.05) is 17.6 Å². The first-order valence-corrected chi connectivity index (χ1v) is 5.99. The number of hydrogen-bond acceptors (Lipinski definition) is 3. The van der Waals surface area contributed by atoms with Crippen LogP contribution in [0.5, 0.6) is 0 Å². The van der Waals surface area contributed by atoms with Crippen molar-refractivity contribution in [2.75, 3.05) is 0 Å². The summed E-state index contributed by atoms with van der Waals surface area (Å²) in [6, 6.07) is 12.4. The van der Waals surface area contributed by atoms with Crippen LogP contribution in [0.3, 0.4) is 0 Å². The quantitative estimate of drug-likeness (QED) is 0.881. The minimum atomic E-state index is 0.544. The van der Waals surface area contributed by atoms with Crippen molar-refractivity contribution in [2.24, 2.45) is 5.73 Å². The molecule has 0 saturated carbocycles. The number of hydrogen-bond donors (Lipinski definition) is 1. The maximum absolute atomic E-state index is 5.53. The van der Waals surface area contributed by atoms with Crippen LogP contribution in [0.4, 0.5) is 0 Å². The topological polar surface area (TPSA) is 38.9 Å². The summed E-state index contributed by atoms with van der Waals surface area (Å²) < 4.78 is 0. The van der Waals surface area contributed by atoms with Gasteiger partial charge in [-0.05, 0) is 30.7 Å². The van der Waals surface area contributed by atoms with Crippen molar-refractivity contribution in [2.45, 2.75) is 23.4 Å². The molecule has 1 heterocycles. The number of nitrogens with zero attached hydrogens (tertiary/aromatic N) is 1. The van der Waals surface area contributed by atoms with E-state index in [0.717, 1.165) is 10.6 Å². The second kappa shape index (κ2) is 5.14. The van der Waals surface area contributed by atoms with Crippen LogP contribution in [0.1, 0.15) is 11.1 Å². The zero-order valence-corrected chi connectivity index (χ0v) is 10.00. The summed E-state index contributed by atoms with van der Waals surface area (Å²) in [4.78, 5) is 5.57. The fraction of sp³-hybridized carbons (Fsp3) is 0.154.